The predicted octanol–water partition coefficient (Wildman–Crippen LogP) is 3.98. The number of alkyl carbamates (subject to hydrolysis) is 1. The minimum atomic E-state index is -1.15. The zero-order chi connectivity index (χ0) is 44.6. The lowest BCUT2D eigenvalue weighted by Crippen LogP contribution is -2.61. The Morgan fingerprint density at radius 2 is 1.27 bits per heavy atom. The Bertz CT molecular complexity index is 2110. The van der Waals surface area contributed by atoms with Gasteiger partial charge in [0.2, 0.25) is 23.6 Å². The molecule has 1 aromatic heterocycles. The Morgan fingerprint density at radius 1 is 0.710 bits per heavy atom. The van der Waals surface area contributed by atoms with Gasteiger partial charge in [-0.2, -0.15) is 0 Å². The number of benzene rings is 3. The van der Waals surface area contributed by atoms with Gasteiger partial charge in [-0.3, -0.25) is 19.2 Å². The van der Waals surface area contributed by atoms with Gasteiger partial charge in [-0.1, -0.05) is 91.0 Å². The van der Waals surface area contributed by atoms with E-state index in [2.05, 4.69) is 26.3 Å². The molecule has 3 aromatic carbocycles. The van der Waals surface area contributed by atoms with E-state index in [-0.39, 0.29) is 32.2 Å². The molecule has 15 nitrogen and oxygen atoms in total. The minimum Gasteiger partial charge on any atom is -0.467 e. The monoisotopic (exact) mass is 849 g/mol. The Kier molecular flexibility index (Phi) is 16.8. The number of carbonyl (C=O) groups is 6. The van der Waals surface area contributed by atoms with E-state index in [1.54, 1.807) is 44.9 Å². The van der Waals surface area contributed by atoms with Gasteiger partial charge in [-0.15, -0.1) is 0 Å². The molecule has 1 aliphatic rings. The number of likely N-dealkylation sites (tertiary alicyclic amines) is 1. The van der Waals surface area contributed by atoms with Gasteiger partial charge in [-0.05, 0) is 69.6 Å². The van der Waals surface area contributed by atoms with Crippen LogP contribution in [0.1, 0.15) is 68.8 Å². The molecule has 0 aliphatic carbocycles. The van der Waals surface area contributed by atoms with Crippen LogP contribution in [-0.2, 0) is 66.2 Å². The molecule has 62 heavy (non-hydrogen) atoms. The largest absolute Gasteiger partial charge is 0.467 e. The predicted molar refractivity (Wildman–Crippen MR) is 232 cm³/mol. The Labute approximate surface area is 363 Å². The average molecular weight is 850 g/mol. The van der Waals surface area contributed by atoms with Crippen molar-refractivity contribution in [3.8, 4) is 0 Å². The number of hydrogen-bond donors (Lipinski definition) is 4. The van der Waals surface area contributed by atoms with Gasteiger partial charge in [0.1, 0.15) is 35.8 Å². The van der Waals surface area contributed by atoms with Crippen LogP contribution in [0.4, 0.5) is 4.79 Å². The molecule has 4 N–H and O–H groups in total. The van der Waals surface area contributed by atoms with E-state index in [0.29, 0.717) is 31.4 Å². The molecule has 330 valence electrons. The van der Waals surface area contributed by atoms with Crippen LogP contribution in [0.3, 0.4) is 0 Å². The van der Waals surface area contributed by atoms with Crippen molar-refractivity contribution < 1.29 is 38.2 Å². The lowest BCUT2D eigenvalue weighted by molar-refractivity contribution is -0.145. The molecule has 5 atom stereocenters. The Morgan fingerprint density at radius 3 is 1.84 bits per heavy atom. The molecule has 0 bridgehead atoms. The van der Waals surface area contributed by atoms with Gasteiger partial charge in [0, 0.05) is 44.7 Å². The third-order valence-electron chi connectivity index (χ3n) is 10.6. The van der Waals surface area contributed by atoms with Crippen molar-refractivity contribution in [3.63, 3.8) is 0 Å². The van der Waals surface area contributed by atoms with Crippen LogP contribution in [0.2, 0.25) is 0 Å². The quantitative estimate of drug-likeness (QED) is 0.107. The van der Waals surface area contributed by atoms with E-state index in [4.69, 9.17) is 9.47 Å². The van der Waals surface area contributed by atoms with Crippen LogP contribution < -0.4 is 21.3 Å². The molecule has 1 aliphatic heterocycles. The SMILES string of the molecule is COC(=O)[C@H](Cc1ccccc1)NC(=O)[C@H](Cc1ccccc1)NC(=O)[C@H](CCc1ccccc1)NC(=O)[C@H]1CCCCN1C(=O)[C@H](Cc1cncn1C)NC(=O)OC(C)(C)C. The summed E-state index contributed by atoms with van der Waals surface area (Å²) in [6, 6.07) is 22.5. The van der Waals surface area contributed by atoms with E-state index in [1.165, 1.54) is 12.0 Å². The van der Waals surface area contributed by atoms with Gasteiger partial charge >= 0.3 is 12.1 Å². The Hall–Kier alpha value is -6.51. The van der Waals surface area contributed by atoms with Crippen LogP contribution in [0.15, 0.2) is 104 Å². The summed E-state index contributed by atoms with van der Waals surface area (Å²) in [5.41, 5.74) is 2.35. The molecular formula is C47H59N7O8. The summed E-state index contributed by atoms with van der Waals surface area (Å²) in [6.45, 7) is 5.42. The first-order chi connectivity index (χ1) is 29.7. The van der Waals surface area contributed by atoms with Gasteiger partial charge in [-0.25, -0.2) is 14.6 Å². The van der Waals surface area contributed by atoms with Crippen molar-refractivity contribution in [2.75, 3.05) is 13.7 Å². The van der Waals surface area contributed by atoms with E-state index < -0.39 is 71.5 Å². The van der Waals surface area contributed by atoms with Gasteiger partial charge in [0.25, 0.3) is 0 Å². The number of aromatic nitrogens is 2. The molecule has 0 radical (unpaired) electrons. The summed E-state index contributed by atoms with van der Waals surface area (Å²) in [5.74, 6) is -2.88. The topological polar surface area (TPSA) is 190 Å². The Balaban J connectivity index is 1.39. The summed E-state index contributed by atoms with van der Waals surface area (Å²) in [7, 11) is 3.03. The lowest BCUT2D eigenvalue weighted by atomic mass is 9.97. The summed E-state index contributed by atoms with van der Waals surface area (Å²) >= 11 is 0. The number of carbonyl (C=O) groups excluding carboxylic acids is 6. The number of piperidine rings is 1. The molecule has 15 heteroatoms. The highest BCUT2D eigenvalue weighted by atomic mass is 16.6. The lowest BCUT2D eigenvalue weighted by Gasteiger charge is -2.37. The number of aryl methyl sites for hydroxylation is 2. The molecule has 2 heterocycles. The van der Waals surface area contributed by atoms with Crippen molar-refractivity contribution >= 4 is 35.7 Å². The fraction of sp³-hybridized carbons (Fsp3) is 0.426. The number of hydrogen-bond acceptors (Lipinski definition) is 9. The van der Waals surface area contributed by atoms with E-state index >= 15 is 0 Å². The molecule has 5 rings (SSSR count). The fourth-order valence-corrected chi connectivity index (χ4v) is 7.39. The number of amides is 5. The van der Waals surface area contributed by atoms with E-state index in [0.717, 1.165) is 16.7 Å². The molecule has 4 aromatic rings. The number of esters is 1. The summed E-state index contributed by atoms with van der Waals surface area (Å²) in [5, 5.41) is 11.4. The number of methoxy groups -OCH3 is 1. The highest BCUT2D eigenvalue weighted by molar-refractivity contribution is 5.96. The van der Waals surface area contributed by atoms with Crippen molar-refractivity contribution in [1.82, 2.24) is 35.7 Å². The zero-order valence-electron chi connectivity index (χ0n) is 36.2. The number of rotatable bonds is 18. The first-order valence-electron chi connectivity index (χ1n) is 21.1. The maximum absolute atomic E-state index is 14.5. The second-order valence-electron chi connectivity index (χ2n) is 16.6. The van der Waals surface area contributed by atoms with Crippen LogP contribution in [-0.4, -0.2) is 99.6 Å². The number of ether oxygens (including phenoxy) is 2. The van der Waals surface area contributed by atoms with E-state index in [9.17, 15) is 28.8 Å². The number of nitrogens with zero attached hydrogens (tertiary/aromatic N) is 3. The smallest absolute Gasteiger partial charge is 0.408 e. The maximum atomic E-state index is 14.5. The molecule has 1 fully saturated rings. The van der Waals surface area contributed by atoms with Crippen LogP contribution in [0.25, 0.3) is 0 Å². The van der Waals surface area contributed by atoms with Gasteiger partial charge < -0.3 is 40.2 Å². The van der Waals surface area contributed by atoms with Gasteiger partial charge in [0.05, 0.1) is 13.4 Å². The van der Waals surface area contributed by atoms with Crippen LogP contribution in [0, 0.1) is 0 Å². The van der Waals surface area contributed by atoms with E-state index in [1.807, 2.05) is 91.0 Å². The molecule has 0 spiro atoms. The van der Waals surface area contributed by atoms with Crippen LogP contribution >= 0.6 is 0 Å². The van der Waals surface area contributed by atoms with Crippen molar-refractivity contribution in [2.45, 2.75) is 108 Å². The molecule has 1 saturated heterocycles. The van der Waals surface area contributed by atoms with Crippen molar-refractivity contribution in [2.24, 2.45) is 7.05 Å². The molecular weight excluding hydrogens is 791 g/mol. The minimum absolute atomic E-state index is 0.0879. The second-order valence-corrected chi connectivity index (χ2v) is 16.6. The highest BCUT2D eigenvalue weighted by Gasteiger charge is 2.39. The summed E-state index contributed by atoms with van der Waals surface area (Å²) < 4.78 is 12.3. The zero-order valence-corrected chi connectivity index (χ0v) is 36.2. The molecule has 0 unspecified atom stereocenters. The fourth-order valence-electron chi connectivity index (χ4n) is 7.39. The second kappa shape index (κ2) is 22.4. The number of imidazole rings is 1. The van der Waals surface area contributed by atoms with Crippen molar-refractivity contribution in [3.05, 3.63) is 126 Å². The normalized spacial score (nSPS) is 15.8. The third kappa shape index (κ3) is 14.0. The summed E-state index contributed by atoms with van der Waals surface area (Å²) in [6.07, 6.45) is 4.96. The highest BCUT2D eigenvalue weighted by Crippen LogP contribution is 2.21. The molecule has 5 amide bonds. The molecule has 0 saturated carbocycles. The maximum Gasteiger partial charge on any atom is 0.408 e. The number of nitrogens with one attached hydrogen (secondary N) is 4. The standard InChI is InChI=1S/C47H59N7O8/c1-47(2,3)62-46(60)52-38(29-35-30-48-31-53(35)4)44(58)54-26-16-15-23-40(54)43(57)49-36(25-24-32-17-9-6-10-18-32)41(55)50-37(27-33-19-11-7-12-20-33)42(56)51-39(45(59)61-5)28-34-21-13-8-14-22-34/h6-14,17-22,30-31,36-40H,15-16,23-29H2,1-5H3,(H,49,57)(H,50,55)(H,51,56)(H,52,60)/t36-,37-,38-,39-,40+/m0/s1. The summed E-state index contributed by atoms with van der Waals surface area (Å²) in [4.78, 5) is 89.1. The average Bonchev–Trinajstić information content (AvgIpc) is 3.67. The van der Waals surface area contributed by atoms with Crippen molar-refractivity contribution in [1.29, 1.82) is 0 Å². The van der Waals surface area contributed by atoms with Gasteiger partial charge in [0.15, 0.2) is 0 Å². The van der Waals surface area contributed by atoms with Crippen LogP contribution in [0.5, 0.6) is 0 Å². The third-order valence-corrected chi connectivity index (χ3v) is 10.6. The first-order valence-corrected chi connectivity index (χ1v) is 21.1. The first kappa shape index (κ1) is 46.6.